The second-order valence-electron chi connectivity index (χ2n) is 4.04. The maximum absolute atomic E-state index is 5.67. The summed E-state index contributed by atoms with van der Waals surface area (Å²) in [5, 5.41) is 3.15. The molecule has 0 amide bonds. The van der Waals surface area contributed by atoms with Gasteiger partial charge < -0.3 is 14.5 Å². The zero-order valence-electron chi connectivity index (χ0n) is 9.38. The van der Waals surface area contributed by atoms with E-state index in [0.717, 1.165) is 22.5 Å². The standard InChI is InChI=1S/C14H9N2O2/c1-3-7-11-9(5-1)15-13(17-11)14-16-10-6-2-4-8-12(10)18-14/h1-8,15H. The molecular weight excluding hydrogens is 228 g/mol. The Bertz CT molecular complexity index is 662. The van der Waals surface area contributed by atoms with Crippen molar-refractivity contribution in [1.29, 1.82) is 0 Å². The Morgan fingerprint density at radius 1 is 0.944 bits per heavy atom. The van der Waals surface area contributed by atoms with Crippen molar-refractivity contribution in [3.05, 3.63) is 60.6 Å². The molecular formula is C14H9N2O2. The molecule has 0 atom stereocenters. The zero-order valence-corrected chi connectivity index (χ0v) is 9.38. The second kappa shape index (κ2) is 3.50. The molecule has 0 fully saturated rings. The number of aromatic nitrogens is 1. The van der Waals surface area contributed by atoms with Gasteiger partial charge in [0, 0.05) is 0 Å². The van der Waals surface area contributed by atoms with Crippen LogP contribution in [0.25, 0.3) is 11.1 Å². The van der Waals surface area contributed by atoms with Crippen LogP contribution in [0.4, 0.5) is 5.69 Å². The third kappa shape index (κ3) is 1.35. The van der Waals surface area contributed by atoms with E-state index in [1.807, 2.05) is 48.5 Å². The lowest BCUT2D eigenvalue weighted by atomic mass is 10.3. The van der Waals surface area contributed by atoms with E-state index in [-0.39, 0.29) is 0 Å². The zero-order chi connectivity index (χ0) is 11.9. The largest absolute Gasteiger partial charge is 0.451 e. The van der Waals surface area contributed by atoms with Gasteiger partial charge in [0.1, 0.15) is 11.3 Å². The molecule has 0 spiro atoms. The molecule has 2 aromatic carbocycles. The van der Waals surface area contributed by atoms with Crippen molar-refractivity contribution in [3.8, 4) is 5.75 Å². The molecule has 87 valence electrons. The fourth-order valence-electron chi connectivity index (χ4n) is 1.98. The highest BCUT2D eigenvalue weighted by Crippen LogP contribution is 2.37. The lowest BCUT2D eigenvalue weighted by Gasteiger charge is -2.02. The van der Waals surface area contributed by atoms with Gasteiger partial charge in [-0.05, 0) is 24.3 Å². The topological polar surface area (TPSA) is 47.3 Å². The maximum Gasteiger partial charge on any atom is 0.327 e. The van der Waals surface area contributed by atoms with Crippen molar-refractivity contribution in [1.82, 2.24) is 4.98 Å². The van der Waals surface area contributed by atoms with E-state index in [2.05, 4.69) is 10.3 Å². The third-order valence-corrected chi connectivity index (χ3v) is 2.84. The van der Waals surface area contributed by atoms with Crippen LogP contribution in [0.2, 0.25) is 0 Å². The molecule has 0 unspecified atom stereocenters. The first-order chi connectivity index (χ1) is 8.90. The number of oxazole rings is 1. The van der Waals surface area contributed by atoms with Gasteiger partial charge >= 0.3 is 6.23 Å². The van der Waals surface area contributed by atoms with Crippen LogP contribution in [0.15, 0.2) is 52.9 Å². The summed E-state index contributed by atoms with van der Waals surface area (Å²) < 4.78 is 11.3. The van der Waals surface area contributed by atoms with Crippen molar-refractivity contribution >= 4 is 16.8 Å². The van der Waals surface area contributed by atoms with Crippen molar-refractivity contribution in [3.63, 3.8) is 0 Å². The fraction of sp³-hybridized carbons (Fsp3) is 0. The number of hydrogen-bond acceptors (Lipinski definition) is 4. The minimum Gasteiger partial charge on any atom is -0.451 e. The average Bonchev–Trinajstić information content (AvgIpc) is 3.02. The molecule has 18 heavy (non-hydrogen) atoms. The summed E-state index contributed by atoms with van der Waals surface area (Å²) in [7, 11) is 0. The highest BCUT2D eigenvalue weighted by Gasteiger charge is 2.29. The summed E-state index contributed by atoms with van der Waals surface area (Å²) >= 11 is 0. The van der Waals surface area contributed by atoms with Crippen LogP contribution >= 0.6 is 0 Å². The molecule has 4 heteroatoms. The van der Waals surface area contributed by atoms with Crippen LogP contribution in [0.3, 0.4) is 0 Å². The number of nitrogens with one attached hydrogen (secondary N) is 1. The smallest absolute Gasteiger partial charge is 0.327 e. The summed E-state index contributed by atoms with van der Waals surface area (Å²) in [6, 6.07) is 15.4. The number of benzene rings is 2. The first kappa shape index (κ1) is 9.53. The van der Waals surface area contributed by atoms with Gasteiger partial charge in [0.25, 0.3) is 5.89 Å². The van der Waals surface area contributed by atoms with Gasteiger partial charge in [-0.3, -0.25) is 0 Å². The molecule has 1 aliphatic rings. The summed E-state index contributed by atoms with van der Waals surface area (Å²) in [6.45, 7) is 0. The summed E-state index contributed by atoms with van der Waals surface area (Å²) in [4.78, 5) is 4.39. The lowest BCUT2D eigenvalue weighted by Crippen LogP contribution is -2.11. The van der Waals surface area contributed by atoms with Gasteiger partial charge in [-0.25, -0.2) is 4.98 Å². The van der Waals surface area contributed by atoms with Crippen LogP contribution in [0.1, 0.15) is 5.89 Å². The van der Waals surface area contributed by atoms with Crippen LogP contribution < -0.4 is 10.1 Å². The molecule has 0 aliphatic carbocycles. The second-order valence-corrected chi connectivity index (χ2v) is 4.04. The van der Waals surface area contributed by atoms with Crippen LogP contribution in [-0.4, -0.2) is 4.98 Å². The van der Waals surface area contributed by atoms with Crippen LogP contribution in [0.5, 0.6) is 5.75 Å². The monoisotopic (exact) mass is 237 g/mol. The predicted octanol–water partition coefficient (Wildman–Crippen LogP) is 3.17. The maximum atomic E-state index is 5.67. The number of nitrogens with zero attached hydrogens (tertiary/aromatic N) is 1. The number of rotatable bonds is 1. The highest BCUT2D eigenvalue weighted by atomic mass is 16.5. The molecule has 0 bridgehead atoms. The van der Waals surface area contributed by atoms with Gasteiger partial charge in [0.2, 0.25) is 0 Å². The van der Waals surface area contributed by atoms with Gasteiger partial charge in [0.15, 0.2) is 5.58 Å². The van der Waals surface area contributed by atoms with Crippen molar-refractivity contribution in [2.75, 3.05) is 5.32 Å². The van der Waals surface area contributed by atoms with E-state index in [1.165, 1.54) is 0 Å². The molecule has 2 heterocycles. The van der Waals surface area contributed by atoms with Crippen LogP contribution in [0, 0.1) is 6.23 Å². The Labute approximate surface area is 103 Å². The molecule has 0 saturated heterocycles. The molecule has 1 aromatic heterocycles. The fourth-order valence-corrected chi connectivity index (χ4v) is 1.98. The minimum atomic E-state index is 0.465. The van der Waals surface area contributed by atoms with Gasteiger partial charge in [-0.15, -0.1) is 0 Å². The van der Waals surface area contributed by atoms with Crippen molar-refractivity contribution < 1.29 is 9.15 Å². The molecule has 1 aliphatic heterocycles. The predicted molar refractivity (Wildman–Crippen MR) is 67.0 cm³/mol. The first-order valence-corrected chi connectivity index (χ1v) is 5.67. The number of fused-ring (bicyclic) bond motifs is 2. The van der Waals surface area contributed by atoms with Crippen molar-refractivity contribution in [2.24, 2.45) is 0 Å². The number of para-hydroxylation sites is 4. The minimum absolute atomic E-state index is 0.465. The number of anilines is 1. The number of ether oxygens (including phenoxy) is 1. The van der Waals surface area contributed by atoms with Gasteiger partial charge in [-0.1, -0.05) is 24.3 Å². The Morgan fingerprint density at radius 3 is 2.67 bits per heavy atom. The van der Waals surface area contributed by atoms with E-state index >= 15 is 0 Å². The molecule has 4 nitrogen and oxygen atoms in total. The van der Waals surface area contributed by atoms with E-state index in [9.17, 15) is 0 Å². The SMILES string of the molecule is c1ccc2c(c1)N[C](c1nc3ccccc3o1)O2. The molecule has 3 aromatic rings. The molecule has 1 N–H and O–H groups in total. The van der Waals surface area contributed by atoms with Crippen molar-refractivity contribution in [2.45, 2.75) is 0 Å². The third-order valence-electron chi connectivity index (χ3n) is 2.84. The summed E-state index contributed by atoms with van der Waals surface area (Å²) in [5.41, 5.74) is 2.50. The van der Waals surface area contributed by atoms with Gasteiger partial charge in [0.05, 0.1) is 5.69 Å². The normalized spacial score (nSPS) is 14.2. The van der Waals surface area contributed by atoms with E-state index < -0.39 is 0 Å². The quantitative estimate of drug-likeness (QED) is 0.706. The molecule has 1 radical (unpaired) electrons. The van der Waals surface area contributed by atoms with E-state index in [0.29, 0.717) is 12.1 Å². The highest BCUT2D eigenvalue weighted by molar-refractivity contribution is 5.73. The Morgan fingerprint density at radius 2 is 1.78 bits per heavy atom. The van der Waals surface area contributed by atoms with E-state index in [1.54, 1.807) is 0 Å². The Kier molecular flexibility index (Phi) is 1.85. The molecule has 4 rings (SSSR count). The Balaban J connectivity index is 1.73. The Hall–Kier alpha value is -2.49. The molecule has 0 saturated carbocycles. The first-order valence-electron chi connectivity index (χ1n) is 5.67. The summed E-state index contributed by atoms with van der Waals surface area (Å²) in [6.07, 6.45) is 0.535. The van der Waals surface area contributed by atoms with Crippen LogP contribution in [-0.2, 0) is 0 Å². The summed E-state index contributed by atoms with van der Waals surface area (Å²) in [5.74, 6) is 1.25. The lowest BCUT2D eigenvalue weighted by molar-refractivity contribution is 0.347. The van der Waals surface area contributed by atoms with E-state index in [4.69, 9.17) is 9.15 Å². The number of hydrogen-bond donors (Lipinski definition) is 1. The van der Waals surface area contributed by atoms with Gasteiger partial charge in [-0.2, -0.15) is 0 Å². The average molecular weight is 237 g/mol.